The Morgan fingerprint density at radius 3 is 2.91 bits per heavy atom. The fraction of sp³-hybridized carbons (Fsp3) is 0.500. The van der Waals surface area contributed by atoms with Crippen LogP contribution in [0.25, 0.3) is 0 Å². The van der Waals surface area contributed by atoms with Crippen LogP contribution in [0, 0.1) is 12.3 Å². The minimum Gasteiger partial charge on any atom is -0.481 e. The molecule has 1 aliphatic heterocycles. The van der Waals surface area contributed by atoms with Gasteiger partial charge in [0.25, 0.3) is 5.91 Å². The van der Waals surface area contributed by atoms with Gasteiger partial charge in [0.05, 0.1) is 6.10 Å². The molecule has 4 heteroatoms. The lowest BCUT2D eigenvalue weighted by molar-refractivity contribution is 0.0899. The highest BCUT2D eigenvalue weighted by Gasteiger charge is 2.17. The first-order valence-corrected chi connectivity index (χ1v) is 7.78. The van der Waals surface area contributed by atoms with Crippen molar-refractivity contribution in [2.24, 2.45) is 0 Å². The summed E-state index contributed by atoms with van der Waals surface area (Å²) in [4.78, 5) is 12.2. The first-order chi connectivity index (χ1) is 10.7. The first kappa shape index (κ1) is 16.4. The average Bonchev–Trinajstić information content (AvgIpc) is 3.05. The predicted molar refractivity (Wildman–Crippen MR) is 85.9 cm³/mol. The Balaban J connectivity index is 1.76. The number of nitrogens with one attached hydrogen (secondary N) is 1. The summed E-state index contributed by atoms with van der Waals surface area (Å²) in [5.41, 5.74) is 0.622. The van der Waals surface area contributed by atoms with Gasteiger partial charge in [0, 0.05) is 18.2 Å². The summed E-state index contributed by atoms with van der Waals surface area (Å²) in [6, 6.07) is 7.13. The highest BCUT2D eigenvalue weighted by molar-refractivity contribution is 5.94. The minimum atomic E-state index is -0.0664. The van der Waals surface area contributed by atoms with Gasteiger partial charge >= 0.3 is 0 Å². The van der Waals surface area contributed by atoms with Crippen LogP contribution in [-0.2, 0) is 4.74 Å². The van der Waals surface area contributed by atoms with E-state index in [1.165, 1.54) is 0 Å². The van der Waals surface area contributed by atoms with Crippen molar-refractivity contribution in [1.29, 1.82) is 0 Å². The molecule has 0 aromatic heterocycles. The lowest BCUT2D eigenvalue weighted by Crippen LogP contribution is -2.33. The summed E-state index contributed by atoms with van der Waals surface area (Å²) >= 11 is 0. The van der Waals surface area contributed by atoms with Crippen LogP contribution < -0.4 is 10.1 Å². The normalized spacial score (nSPS) is 18.5. The Kier molecular flexibility index (Phi) is 6.29. The maximum atomic E-state index is 12.2. The van der Waals surface area contributed by atoms with E-state index in [-0.39, 0.29) is 18.6 Å². The van der Waals surface area contributed by atoms with Gasteiger partial charge in [0.15, 0.2) is 0 Å². The molecule has 1 aromatic rings. The molecule has 1 N–H and O–H groups in total. The molecule has 0 radical (unpaired) electrons. The van der Waals surface area contributed by atoms with Crippen LogP contribution in [0.1, 0.15) is 43.0 Å². The molecule has 1 aromatic carbocycles. The lowest BCUT2D eigenvalue weighted by atomic mass is 10.1. The van der Waals surface area contributed by atoms with Crippen molar-refractivity contribution in [1.82, 2.24) is 5.32 Å². The Bertz CT molecular complexity index is 512. The number of carbonyl (C=O) groups is 1. The molecule has 2 rings (SSSR count). The monoisotopic (exact) mass is 301 g/mol. The third kappa shape index (κ3) is 5.09. The molecule has 1 saturated heterocycles. The van der Waals surface area contributed by atoms with Crippen molar-refractivity contribution in [2.75, 3.05) is 13.2 Å². The maximum Gasteiger partial charge on any atom is 0.251 e. The van der Waals surface area contributed by atoms with E-state index in [0.717, 1.165) is 32.3 Å². The van der Waals surface area contributed by atoms with Crippen LogP contribution in [0.5, 0.6) is 5.75 Å². The second-order valence-corrected chi connectivity index (χ2v) is 5.60. The molecule has 2 atom stereocenters. The van der Waals surface area contributed by atoms with E-state index in [1.807, 2.05) is 6.92 Å². The SMILES string of the molecule is C#CCOc1ccc(C(=O)N[C@H](C)CC[C@@H]2CCCO2)cc1. The molecule has 0 bridgehead atoms. The van der Waals surface area contributed by atoms with E-state index >= 15 is 0 Å². The van der Waals surface area contributed by atoms with Crippen LogP contribution in [-0.4, -0.2) is 31.3 Å². The van der Waals surface area contributed by atoms with E-state index in [1.54, 1.807) is 24.3 Å². The quantitative estimate of drug-likeness (QED) is 0.788. The van der Waals surface area contributed by atoms with Gasteiger partial charge in [-0.1, -0.05) is 5.92 Å². The largest absolute Gasteiger partial charge is 0.481 e. The number of hydrogen-bond acceptors (Lipinski definition) is 3. The van der Waals surface area contributed by atoms with Crippen molar-refractivity contribution in [2.45, 2.75) is 44.8 Å². The molecule has 1 amide bonds. The molecule has 0 unspecified atom stereocenters. The number of hydrogen-bond donors (Lipinski definition) is 1. The lowest BCUT2D eigenvalue weighted by Gasteiger charge is -2.16. The van der Waals surface area contributed by atoms with Gasteiger partial charge in [-0.3, -0.25) is 4.79 Å². The predicted octanol–water partition coefficient (Wildman–Crippen LogP) is 2.78. The van der Waals surface area contributed by atoms with E-state index in [4.69, 9.17) is 15.9 Å². The molecule has 1 heterocycles. The van der Waals surface area contributed by atoms with Crippen LogP contribution in [0.4, 0.5) is 0 Å². The number of benzene rings is 1. The fourth-order valence-electron chi connectivity index (χ4n) is 2.51. The highest BCUT2D eigenvalue weighted by atomic mass is 16.5. The van der Waals surface area contributed by atoms with Crippen molar-refractivity contribution in [3.8, 4) is 18.1 Å². The molecule has 0 saturated carbocycles. The summed E-state index contributed by atoms with van der Waals surface area (Å²) in [6.45, 7) is 3.13. The molecule has 1 fully saturated rings. The van der Waals surface area contributed by atoms with Gasteiger partial charge in [-0.2, -0.15) is 0 Å². The van der Waals surface area contributed by atoms with Crippen LogP contribution >= 0.6 is 0 Å². The fourth-order valence-corrected chi connectivity index (χ4v) is 2.51. The molecular weight excluding hydrogens is 278 g/mol. The molecule has 118 valence electrons. The third-order valence-electron chi connectivity index (χ3n) is 3.76. The Labute approximate surface area is 132 Å². The number of amides is 1. The molecule has 0 aliphatic carbocycles. The van der Waals surface area contributed by atoms with Crippen LogP contribution in [0.15, 0.2) is 24.3 Å². The summed E-state index contributed by atoms with van der Waals surface area (Å²) < 4.78 is 10.9. The number of rotatable bonds is 7. The van der Waals surface area contributed by atoms with E-state index in [9.17, 15) is 4.79 Å². The van der Waals surface area contributed by atoms with Gasteiger partial charge in [-0.25, -0.2) is 0 Å². The maximum absolute atomic E-state index is 12.2. The zero-order valence-electron chi connectivity index (χ0n) is 13.0. The standard InChI is InChI=1S/C18H23NO3/c1-3-12-21-17-10-7-15(8-11-17)18(20)19-14(2)6-9-16-5-4-13-22-16/h1,7-8,10-11,14,16H,4-6,9,12-13H2,2H3,(H,19,20)/t14-,16+/m1/s1. The van der Waals surface area contributed by atoms with Gasteiger partial charge in [0.2, 0.25) is 0 Å². The van der Waals surface area contributed by atoms with E-state index in [2.05, 4.69) is 11.2 Å². The minimum absolute atomic E-state index is 0.0664. The van der Waals surface area contributed by atoms with Gasteiger partial charge in [-0.15, -0.1) is 6.42 Å². The molecule has 0 spiro atoms. The Morgan fingerprint density at radius 1 is 1.50 bits per heavy atom. The van der Waals surface area contributed by atoms with Gasteiger partial charge in [-0.05, 0) is 56.9 Å². The topological polar surface area (TPSA) is 47.6 Å². The highest BCUT2D eigenvalue weighted by Crippen LogP contribution is 2.18. The zero-order chi connectivity index (χ0) is 15.8. The number of terminal acetylenes is 1. The van der Waals surface area contributed by atoms with Crippen molar-refractivity contribution in [3.05, 3.63) is 29.8 Å². The summed E-state index contributed by atoms with van der Waals surface area (Å²) in [5.74, 6) is 3.01. The van der Waals surface area contributed by atoms with E-state index < -0.39 is 0 Å². The summed E-state index contributed by atoms with van der Waals surface area (Å²) in [7, 11) is 0. The number of ether oxygens (including phenoxy) is 2. The van der Waals surface area contributed by atoms with Crippen LogP contribution in [0.2, 0.25) is 0 Å². The second-order valence-electron chi connectivity index (χ2n) is 5.60. The number of carbonyl (C=O) groups excluding carboxylic acids is 1. The van der Waals surface area contributed by atoms with Crippen LogP contribution in [0.3, 0.4) is 0 Å². The molecule has 4 nitrogen and oxygen atoms in total. The molecular formula is C18H23NO3. The smallest absolute Gasteiger partial charge is 0.251 e. The van der Waals surface area contributed by atoms with Crippen molar-refractivity contribution in [3.63, 3.8) is 0 Å². The summed E-state index contributed by atoms with van der Waals surface area (Å²) in [5, 5.41) is 3.02. The van der Waals surface area contributed by atoms with Crippen molar-refractivity contribution < 1.29 is 14.3 Å². The van der Waals surface area contributed by atoms with Gasteiger partial charge in [0.1, 0.15) is 12.4 Å². The Hall–Kier alpha value is -1.99. The average molecular weight is 301 g/mol. The second kappa shape index (κ2) is 8.45. The Morgan fingerprint density at radius 2 is 2.27 bits per heavy atom. The molecule has 1 aliphatic rings. The van der Waals surface area contributed by atoms with E-state index in [0.29, 0.717) is 17.4 Å². The van der Waals surface area contributed by atoms with Gasteiger partial charge < -0.3 is 14.8 Å². The molecule has 22 heavy (non-hydrogen) atoms. The zero-order valence-corrected chi connectivity index (χ0v) is 13.0. The summed E-state index contributed by atoms with van der Waals surface area (Å²) in [6.07, 6.45) is 9.72. The third-order valence-corrected chi connectivity index (χ3v) is 3.76. The van der Waals surface area contributed by atoms with Crippen molar-refractivity contribution >= 4 is 5.91 Å². The first-order valence-electron chi connectivity index (χ1n) is 7.78.